The highest BCUT2D eigenvalue weighted by molar-refractivity contribution is 5.71. The summed E-state index contributed by atoms with van der Waals surface area (Å²) in [6.07, 6.45) is 1.13. The first-order valence-electron chi connectivity index (χ1n) is 5.54. The third-order valence-corrected chi connectivity index (χ3v) is 3.12. The molecule has 3 heteroatoms. The molecule has 1 aliphatic carbocycles. The Kier molecular flexibility index (Phi) is 3.25. The number of carbonyl (C=O) groups excluding carboxylic acids is 1. The van der Waals surface area contributed by atoms with E-state index in [1.165, 1.54) is 18.2 Å². The standard InChI is InChI=1S/C13H17NO2/c1-14(9-13(15)16-2)8-11-7-10-5-3-4-6-12(10)11/h3-6,11H,7-9H2,1-2H3. The van der Waals surface area contributed by atoms with Gasteiger partial charge in [0.05, 0.1) is 13.7 Å². The lowest BCUT2D eigenvalue weighted by Crippen LogP contribution is -2.34. The first-order valence-corrected chi connectivity index (χ1v) is 5.54. The van der Waals surface area contributed by atoms with Gasteiger partial charge in [0.25, 0.3) is 0 Å². The van der Waals surface area contributed by atoms with Crippen molar-refractivity contribution in [2.24, 2.45) is 0 Å². The Labute approximate surface area is 96.0 Å². The van der Waals surface area contributed by atoms with Crippen LogP contribution in [0.1, 0.15) is 17.0 Å². The average Bonchev–Trinajstić information content (AvgIpc) is 2.26. The van der Waals surface area contributed by atoms with Crippen LogP contribution in [-0.4, -0.2) is 38.1 Å². The average molecular weight is 219 g/mol. The normalized spacial score (nSPS) is 17.8. The van der Waals surface area contributed by atoms with Gasteiger partial charge in [-0.2, -0.15) is 0 Å². The van der Waals surface area contributed by atoms with Crippen LogP contribution in [0.3, 0.4) is 0 Å². The molecule has 0 bridgehead atoms. The summed E-state index contributed by atoms with van der Waals surface area (Å²) in [6.45, 7) is 1.29. The van der Waals surface area contributed by atoms with Gasteiger partial charge < -0.3 is 4.74 Å². The predicted molar refractivity (Wildman–Crippen MR) is 62.4 cm³/mol. The van der Waals surface area contributed by atoms with Crippen molar-refractivity contribution in [2.45, 2.75) is 12.3 Å². The number of fused-ring (bicyclic) bond motifs is 1. The van der Waals surface area contributed by atoms with Gasteiger partial charge >= 0.3 is 5.97 Å². The molecule has 0 saturated heterocycles. The fourth-order valence-electron chi connectivity index (χ4n) is 2.25. The Balaban J connectivity index is 1.87. The van der Waals surface area contributed by atoms with Crippen LogP contribution in [0.25, 0.3) is 0 Å². The summed E-state index contributed by atoms with van der Waals surface area (Å²) in [5.41, 5.74) is 2.87. The quantitative estimate of drug-likeness (QED) is 0.717. The number of carbonyl (C=O) groups is 1. The molecular weight excluding hydrogens is 202 g/mol. The van der Waals surface area contributed by atoms with E-state index in [-0.39, 0.29) is 5.97 Å². The van der Waals surface area contributed by atoms with Gasteiger partial charge in [0, 0.05) is 12.5 Å². The molecule has 1 aliphatic rings. The van der Waals surface area contributed by atoms with E-state index in [9.17, 15) is 4.79 Å². The van der Waals surface area contributed by atoms with E-state index in [4.69, 9.17) is 0 Å². The second-order valence-corrected chi connectivity index (χ2v) is 4.37. The Morgan fingerprint density at radius 1 is 1.50 bits per heavy atom. The molecular formula is C13H17NO2. The van der Waals surface area contributed by atoms with Crippen molar-refractivity contribution in [3.05, 3.63) is 35.4 Å². The molecule has 1 aromatic rings. The number of hydrogen-bond acceptors (Lipinski definition) is 3. The van der Waals surface area contributed by atoms with Crippen LogP contribution < -0.4 is 0 Å². The summed E-state index contributed by atoms with van der Waals surface area (Å²) in [5.74, 6) is 0.404. The monoisotopic (exact) mass is 219 g/mol. The number of likely N-dealkylation sites (N-methyl/N-ethyl adjacent to an activating group) is 1. The van der Waals surface area contributed by atoms with Gasteiger partial charge in [-0.1, -0.05) is 24.3 Å². The van der Waals surface area contributed by atoms with E-state index in [0.717, 1.165) is 13.0 Å². The minimum absolute atomic E-state index is 0.171. The van der Waals surface area contributed by atoms with Crippen LogP contribution in [0.2, 0.25) is 0 Å². The maximum absolute atomic E-state index is 11.1. The molecule has 0 N–H and O–H groups in total. The molecule has 0 saturated carbocycles. The van der Waals surface area contributed by atoms with Crippen LogP contribution in [0, 0.1) is 0 Å². The van der Waals surface area contributed by atoms with Crippen molar-refractivity contribution in [1.82, 2.24) is 4.90 Å². The molecule has 86 valence electrons. The minimum atomic E-state index is -0.171. The topological polar surface area (TPSA) is 29.5 Å². The van der Waals surface area contributed by atoms with Gasteiger partial charge in [-0.05, 0) is 24.6 Å². The number of benzene rings is 1. The second kappa shape index (κ2) is 4.66. The summed E-state index contributed by atoms with van der Waals surface area (Å²) in [4.78, 5) is 13.1. The highest BCUT2D eigenvalue weighted by atomic mass is 16.5. The van der Waals surface area contributed by atoms with Crippen LogP contribution in [-0.2, 0) is 16.0 Å². The first kappa shape index (κ1) is 11.1. The molecule has 0 aromatic heterocycles. The fourth-order valence-corrected chi connectivity index (χ4v) is 2.25. The van der Waals surface area contributed by atoms with Gasteiger partial charge in [0.2, 0.25) is 0 Å². The Morgan fingerprint density at radius 2 is 2.25 bits per heavy atom. The van der Waals surface area contributed by atoms with Crippen molar-refractivity contribution < 1.29 is 9.53 Å². The van der Waals surface area contributed by atoms with E-state index >= 15 is 0 Å². The number of ether oxygens (including phenoxy) is 1. The fraction of sp³-hybridized carbons (Fsp3) is 0.462. The smallest absolute Gasteiger partial charge is 0.319 e. The number of esters is 1. The zero-order valence-corrected chi connectivity index (χ0v) is 9.77. The Bertz CT molecular complexity index is 389. The molecule has 0 amide bonds. The SMILES string of the molecule is COC(=O)CN(C)CC1Cc2ccccc21. The molecule has 1 aromatic carbocycles. The molecule has 16 heavy (non-hydrogen) atoms. The summed E-state index contributed by atoms with van der Waals surface area (Å²) in [6, 6.07) is 8.50. The third-order valence-electron chi connectivity index (χ3n) is 3.12. The molecule has 0 radical (unpaired) electrons. The van der Waals surface area contributed by atoms with Gasteiger partial charge in [0.1, 0.15) is 0 Å². The van der Waals surface area contributed by atoms with Crippen molar-refractivity contribution in [2.75, 3.05) is 27.2 Å². The Hall–Kier alpha value is -1.35. The van der Waals surface area contributed by atoms with Crippen LogP contribution in [0.15, 0.2) is 24.3 Å². The van der Waals surface area contributed by atoms with Gasteiger partial charge in [-0.25, -0.2) is 0 Å². The number of rotatable bonds is 4. The summed E-state index contributed by atoms with van der Waals surface area (Å²) >= 11 is 0. The molecule has 0 fully saturated rings. The van der Waals surface area contributed by atoms with Crippen molar-refractivity contribution in [3.63, 3.8) is 0 Å². The molecule has 1 atom stereocenters. The lowest BCUT2D eigenvalue weighted by atomic mass is 9.77. The molecule has 3 nitrogen and oxygen atoms in total. The van der Waals surface area contributed by atoms with Gasteiger partial charge in [0.15, 0.2) is 0 Å². The maximum atomic E-state index is 11.1. The number of methoxy groups -OCH3 is 1. The zero-order valence-electron chi connectivity index (χ0n) is 9.77. The van der Waals surface area contributed by atoms with E-state index in [0.29, 0.717) is 12.5 Å². The highest BCUT2D eigenvalue weighted by Gasteiger charge is 2.26. The number of nitrogens with zero attached hydrogens (tertiary/aromatic N) is 1. The molecule has 1 unspecified atom stereocenters. The van der Waals surface area contributed by atoms with Crippen LogP contribution in [0.4, 0.5) is 0 Å². The van der Waals surface area contributed by atoms with E-state index in [1.54, 1.807) is 0 Å². The predicted octanol–water partition coefficient (Wildman–Crippen LogP) is 1.43. The van der Waals surface area contributed by atoms with E-state index in [2.05, 4.69) is 29.0 Å². The van der Waals surface area contributed by atoms with E-state index < -0.39 is 0 Å². The van der Waals surface area contributed by atoms with Crippen LogP contribution in [0.5, 0.6) is 0 Å². The third kappa shape index (κ3) is 2.25. The second-order valence-electron chi connectivity index (χ2n) is 4.37. The summed E-state index contributed by atoms with van der Waals surface area (Å²) < 4.78 is 4.64. The molecule has 2 rings (SSSR count). The summed E-state index contributed by atoms with van der Waals surface area (Å²) in [7, 11) is 3.38. The van der Waals surface area contributed by atoms with Crippen molar-refractivity contribution in [3.8, 4) is 0 Å². The molecule has 0 spiro atoms. The molecule has 0 heterocycles. The first-order chi connectivity index (χ1) is 7.70. The van der Waals surface area contributed by atoms with E-state index in [1.807, 2.05) is 11.9 Å². The van der Waals surface area contributed by atoms with Gasteiger partial charge in [-0.15, -0.1) is 0 Å². The van der Waals surface area contributed by atoms with Crippen molar-refractivity contribution in [1.29, 1.82) is 0 Å². The summed E-state index contributed by atoms with van der Waals surface area (Å²) in [5, 5.41) is 0. The Morgan fingerprint density at radius 3 is 2.94 bits per heavy atom. The van der Waals surface area contributed by atoms with Crippen molar-refractivity contribution >= 4 is 5.97 Å². The molecule has 0 aliphatic heterocycles. The lowest BCUT2D eigenvalue weighted by Gasteiger charge is -2.33. The largest absolute Gasteiger partial charge is 0.468 e. The number of hydrogen-bond donors (Lipinski definition) is 0. The highest BCUT2D eigenvalue weighted by Crippen LogP contribution is 2.34. The van der Waals surface area contributed by atoms with Crippen LogP contribution >= 0.6 is 0 Å². The van der Waals surface area contributed by atoms with Gasteiger partial charge in [-0.3, -0.25) is 9.69 Å². The minimum Gasteiger partial charge on any atom is -0.468 e. The zero-order chi connectivity index (χ0) is 11.5. The maximum Gasteiger partial charge on any atom is 0.319 e. The lowest BCUT2D eigenvalue weighted by molar-refractivity contribution is -0.141.